The Kier molecular flexibility index (Phi) is 3.49. The summed E-state index contributed by atoms with van der Waals surface area (Å²) < 4.78 is 15.3. The molecule has 1 aromatic carbocycles. The number of rotatable bonds is 2. The van der Waals surface area contributed by atoms with Crippen LogP contribution in [-0.2, 0) is 0 Å². The van der Waals surface area contributed by atoms with Crippen molar-refractivity contribution in [3.05, 3.63) is 44.6 Å². The molecule has 0 aliphatic carbocycles. The number of aromatic amines is 1. The lowest BCUT2D eigenvalue weighted by Crippen LogP contribution is -1.94. The van der Waals surface area contributed by atoms with E-state index >= 15 is 0 Å². The van der Waals surface area contributed by atoms with E-state index in [2.05, 4.69) is 31.2 Å². The van der Waals surface area contributed by atoms with Crippen LogP contribution in [0.5, 0.6) is 0 Å². The highest BCUT2D eigenvalue weighted by Crippen LogP contribution is 2.15. The van der Waals surface area contributed by atoms with Gasteiger partial charge in [-0.05, 0) is 52.8 Å². The highest BCUT2D eigenvalue weighted by molar-refractivity contribution is 9.10. The zero-order valence-electron chi connectivity index (χ0n) is 8.82. The van der Waals surface area contributed by atoms with Gasteiger partial charge in [-0.1, -0.05) is 6.07 Å². The fourth-order valence-electron chi connectivity index (χ4n) is 1.22. The number of hydrogen-bond donors (Lipinski definition) is 1. The van der Waals surface area contributed by atoms with Crippen LogP contribution in [0.2, 0.25) is 0 Å². The van der Waals surface area contributed by atoms with E-state index in [0.717, 1.165) is 5.56 Å². The third-order valence-electron chi connectivity index (χ3n) is 2.08. The minimum Gasteiger partial charge on any atom is -0.250 e. The molecular weight excluding hydrogens is 307 g/mol. The number of hydrogen-bond acceptors (Lipinski definition) is 3. The molecule has 0 fully saturated rings. The molecule has 1 aromatic heterocycles. The summed E-state index contributed by atoms with van der Waals surface area (Å²) >= 11 is 8.11. The lowest BCUT2D eigenvalue weighted by atomic mass is 10.2. The first-order valence-corrected chi connectivity index (χ1v) is 5.91. The Labute approximate surface area is 110 Å². The van der Waals surface area contributed by atoms with E-state index in [4.69, 9.17) is 12.2 Å². The maximum Gasteiger partial charge on any atom is 0.216 e. The van der Waals surface area contributed by atoms with Crippen molar-refractivity contribution in [1.29, 1.82) is 0 Å². The molecule has 0 saturated heterocycles. The van der Waals surface area contributed by atoms with Gasteiger partial charge in [-0.15, -0.1) is 0 Å². The van der Waals surface area contributed by atoms with Gasteiger partial charge in [0, 0.05) is 0 Å². The molecule has 2 aromatic rings. The zero-order valence-corrected chi connectivity index (χ0v) is 11.2. The topological polar surface area (TPSA) is 46.0 Å². The molecule has 4 nitrogen and oxygen atoms in total. The van der Waals surface area contributed by atoms with Gasteiger partial charge in [0.05, 0.1) is 10.7 Å². The maximum absolute atomic E-state index is 13.0. The quantitative estimate of drug-likeness (QED) is 0.684. The lowest BCUT2D eigenvalue weighted by Gasteiger charge is -1.97. The Bertz CT molecular complexity index is 631. The molecule has 0 radical (unpaired) electrons. The SMILES string of the molecule is Cc1n[nH]c(=S)n1/N=C/c1ccc(F)c(Br)c1. The third-order valence-corrected chi connectivity index (χ3v) is 2.95. The smallest absolute Gasteiger partial charge is 0.216 e. The fraction of sp³-hybridized carbons (Fsp3) is 0.100. The van der Waals surface area contributed by atoms with Crippen molar-refractivity contribution in [3.63, 3.8) is 0 Å². The van der Waals surface area contributed by atoms with Crippen molar-refractivity contribution in [2.24, 2.45) is 5.10 Å². The number of aromatic nitrogens is 3. The molecule has 17 heavy (non-hydrogen) atoms. The second kappa shape index (κ2) is 4.89. The number of benzene rings is 1. The lowest BCUT2D eigenvalue weighted by molar-refractivity contribution is 0.621. The van der Waals surface area contributed by atoms with Crippen molar-refractivity contribution in [1.82, 2.24) is 14.9 Å². The third kappa shape index (κ3) is 2.67. The minimum atomic E-state index is -0.307. The first kappa shape index (κ1) is 12.1. The van der Waals surface area contributed by atoms with Crippen molar-refractivity contribution in [3.8, 4) is 0 Å². The molecule has 0 atom stereocenters. The predicted molar refractivity (Wildman–Crippen MR) is 69.2 cm³/mol. The number of nitrogens with one attached hydrogen (secondary N) is 1. The molecule has 0 saturated carbocycles. The van der Waals surface area contributed by atoms with Crippen molar-refractivity contribution >= 4 is 34.4 Å². The van der Waals surface area contributed by atoms with Gasteiger partial charge in [-0.2, -0.15) is 14.9 Å². The molecule has 0 unspecified atom stereocenters. The van der Waals surface area contributed by atoms with Gasteiger partial charge < -0.3 is 0 Å². The van der Waals surface area contributed by atoms with Crippen LogP contribution in [0.3, 0.4) is 0 Å². The summed E-state index contributed by atoms with van der Waals surface area (Å²) in [5.41, 5.74) is 0.765. The van der Waals surface area contributed by atoms with Gasteiger partial charge in [0.15, 0.2) is 0 Å². The Balaban J connectivity index is 2.32. The second-order valence-corrected chi connectivity index (χ2v) is 4.55. The molecule has 1 heterocycles. The molecular formula is C10H8BrFN4S. The van der Waals surface area contributed by atoms with E-state index in [9.17, 15) is 4.39 Å². The molecule has 2 rings (SSSR count). The summed E-state index contributed by atoms with van der Waals surface area (Å²) in [5, 5.41) is 10.7. The van der Waals surface area contributed by atoms with Crippen molar-refractivity contribution in [2.75, 3.05) is 0 Å². The highest BCUT2D eigenvalue weighted by Gasteiger charge is 2.00. The maximum atomic E-state index is 13.0. The van der Waals surface area contributed by atoms with E-state index in [1.54, 1.807) is 25.3 Å². The van der Waals surface area contributed by atoms with Crippen molar-refractivity contribution in [2.45, 2.75) is 6.92 Å². The summed E-state index contributed by atoms with van der Waals surface area (Å²) in [6.45, 7) is 1.78. The van der Waals surface area contributed by atoms with E-state index in [1.165, 1.54) is 10.7 Å². The van der Waals surface area contributed by atoms with E-state index in [0.29, 0.717) is 15.1 Å². The first-order valence-electron chi connectivity index (χ1n) is 4.71. The number of halogens is 2. The molecule has 0 amide bonds. The van der Waals surface area contributed by atoms with Gasteiger partial charge in [0.2, 0.25) is 4.77 Å². The molecule has 0 aliphatic heterocycles. The Morgan fingerprint density at radius 1 is 1.59 bits per heavy atom. The summed E-state index contributed by atoms with van der Waals surface area (Å²) in [6.07, 6.45) is 1.59. The van der Waals surface area contributed by atoms with Gasteiger partial charge in [0.1, 0.15) is 11.6 Å². The average molecular weight is 315 g/mol. The van der Waals surface area contributed by atoms with E-state index < -0.39 is 0 Å². The Morgan fingerprint density at radius 3 is 2.94 bits per heavy atom. The van der Waals surface area contributed by atoms with Gasteiger partial charge in [0.25, 0.3) is 0 Å². The summed E-state index contributed by atoms with van der Waals surface area (Å²) in [4.78, 5) is 0. The zero-order chi connectivity index (χ0) is 12.4. The summed E-state index contributed by atoms with van der Waals surface area (Å²) in [6, 6.07) is 4.63. The second-order valence-electron chi connectivity index (χ2n) is 3.31. The van der Waals surface area contributed by atoms with E-state index in [-0.39, 0.29) is 5.82 Å². The van der Waals surface area contributed by atoms with Crippen LogP contribution >= 0.6 is 28.1 Å². The van der Waals surface area contributed by atoms with Gasteiger partial charge in [-0.3, -0.25) is 5.10 Å². The van der Waals surface area contributed by atoms with Crippen LogP contribution in [0.25, 0.3) is 0 Å². The van der Waals surface area contributed by atoms with Crippen molar-refractivity contribution < 1.29 is 4.39 Å². The Hall–Kier alpha value is -1.34. The van der Waals surface area contributed by atoms with Crippen LogP contribution in [-0.4, -0.2) is 21.1 Å². The van der Waals surface area contributed by atoms with Crippen LogP contribution in [0, 0.1) is 17.5 Å². The van der Waals surface area contributed by atoms with Crippen LogP contribution < -0.4 is 0 Å². The summed E-state index contributed by atoms with van der Waals surface area (Å²) in [7, 11) is 0. The van der Waals surface area contributed by atoms with Crippen LogP contribution in [0.15, 0.2) is 27.8 Å². The minimum absolute atomic E-state index is 0.307. The molecule has 7 heteroatoms. The summed E-state index contributed by atoms with van der Waals surface area (Å²) in [5.74, 6) is 0.352. The monoisotopic (exact) mass is 314 g/mol. The molecule has 88 valence electrons. The molecule has 0 spiro atoms. The van der Waals surface area contributed by atoms with Gasteiger partial charge >= 0.3 is 0 Å². The normalized spacial score (nSPS) is 11.2. The van der Waals surface area contributed by atoms with Crippen LogP contribution in [0.1, 0.15) is 11.4 Å². The molecule has 1 N–H and O–H groups in total. The first-order chi connectivity index (χ1) is 8.08. The fourth-order valence-corrected chi connectivity index (χ4v) is 1.84. The number of H-pyrrole nitrogens is 1. The largest absolute Gasteiger partial charge is 0.250 e. The predicted octanol–water partition coefficient (Wildman–Crippen LogP) is 3.03. The van der Waals surface area contributed by atoms with Crippen LogP contribution in [0.4, 0.5) is 4.39 Å². The van der Waals surface area contributed by atoms with Gasteiger partial charge in [-0.25, -0.2) is 4.39 Å². The standard InChI is InChI=1S/C10H8BrFN4S/c1-6-14-15-10(17)16(6)13-5-7-2-3-9(12)8(11)4-7/h2-5H,1H3,(H,15,17)/b13-5+. The van der Waals surface area contributed by atoms with E-state index in [1.807, 2.05) is 0 Å². The molecule has 0 bridgehead atoms. The number of nitrogens with zero attached hydrogens (tertiary/aromatic N) is 3. The Morgan fingerprint density at radius 2 is 2.35 bits per heavy atom. The average Bonchev–Trinajstić information content (AvgIpc) is 2.61. The molecule has 0 aliphatic rings. The highest BCUT2D eigenvalue weighted by atomic mass is 79.9. The number of aryl methyl sites for hydroxylation is 1.